The molecule has 0 radical (unpaired) electrons. The number of rotatable bonds is 0. The molecule has 1 heterocycles. The summed E-state index contributed by atoms with van der Waals surface area (Å²) in [4.78, 5) is 0. The van der Waals surface area contributed by atoms with E-state index in [1.807, 2.05) is 0 Å². The fourth-order valence-electron chi connectivity index (χ4n) is 1.27. The van der Waals surface area contributed by atoms with Crippen molar-refractivity contribution in [2.75, 3.05) is 0 Å². The Morgan fingerprint density at radius 2 is 1.88 bits per heavy atom. The zero-order chi connectivity index (χ0) is 6.15. The van der Waals surface area contributed by atoms with Crippen molar-refractivity contribution in [1.29, 1.82) is 0 Å². The van der Waals surface area contributed by atoms with Crippen LogP contribution in [0.3, 0.4) is 0 Å². The molecule has 8 heavy (non-hydrogen) atoms. The quantitative estimate of drug-likeness (QED) is 0.466. The Kier molecular flexibility index (Phi) is 1.57. The van der Waals surface area contributed by atoms with E-state index in [4.69, 9.17) is 4.74 Å². The topological polar surface area (TPSA) is 9.23 Å². The molecule has 1 rings (SSSR count). The maximum absolute atomic E-state index is 5.47. The minimum absolute atomic E-state index is 0.491. The molecular formula is C7H14O. The normalized spacial score (nSPS) is 47.6. The molecule has 0 aromatic rings. The third-order valence-electron chi connectivity index (χ3n) is 1.95. The first kappa shape index (κ1) is 6.09. The first-order chi connectivity index (χ1) is 3.70. The maximum Gasteiger partial charge on any atom is 0.0577 e. The van der Waals surface area contributed by atoms with Crippen molar-refractivity contribution < 1.29 is 4.74 Å². The third kappa shape index (κ3) is 1.03. The van der Waals surface area contributed by atoms with Crippen LogP contribution in [0.1, 0.15) is 27.2 Å². The molecule has 1 nitrogen and oxygen atoms in total. The maximum atomic E-state index is 5.47. The summed E-state index contributed by atoms with van der Waals surface area (Å²) < 4.78 is 5.47. The van der Waals surface area contributed by atoms with E-state index in [-0.39, 0.29) is 0 Å². The molecule has 0 aromatic heterocycles. The average Bonchev–Trinajstić information content (AvgIpc) is 1.85. The van der Waals surface area contributed by atoms with Gasteiger partial charge in [-0.25, -0.2) is 0 Å². The first-order valence-electron chi connectivity index (χ1n) is 3.35. The van der Waals surface area contributed by atoms with Crippen molar-refractivity contribution >= 4 is 0 Å². The van der Waals surface area contributed by atoms with Crippen LogP contribution < -0.4 is 0 Å². The Hall–Kier alpha value is -0.0400. The van der Waals surface area contributed by atoms with Crippen LogP contribution in [0.25, 0.3) is 0 Å². The minimum Gasteiger partial charge on any atom is -0.375 e. The minimum atomic E-state index is 0.491. The van der Waals surface area contributed by atoms with Gasteiger partial charge in [0.25, 0.3) is 0 Å². The molecular weight excluding hydrogens is 100 g/mol. The van der Waals surface area contributed by atoms with Gasteiger partial charge in [-0.15, -0.1) is 0 Å². The lowest BCUT2D eigenvalue weighted by Crippen LogP contribution is -2.06. The molecule has 0 amide bonds. The highest BCUT2D eigenvalue weighted by Gasteiger charge is 2.24. The molecule has 0 N–H and O–H groups in total. The Morgan fingerprint density at radius 1 is 1.25 bits per heavy atom. The van der Waals surface area contributed by atoms with Crippen molar-refractivity contribution in [3.63, 3.8) is 0 Å². The van der Waals surface area contributed by atoms with Gasteiger partial charge in [-0.1, -0.05) is 6.92 Å². The molecule has 0 unspecified atom stereocenters. The second-order valence-corrected chi connectivity index (χ2v) is 2.86. The molecule has 1 aliphatic rings. The summed E-state index contributed by atoms with van der Waals surface area (Å²) in [7, 11) is 0. The van der Waals surface area contributed by atoms with Crippen LogP contribution in [0.2, 0.25) is 0 Å². The number of ether oxygens (including phenoxy) is 1. The first-order valence-corrected chi connectivity index (χ1v) is 3.35. The molecule has 1 saturated heterocycles. The smallest absolute Gasteiger partial charge is 0.0577 e. The van der Waals surface area contributed by atoms with E-state index in [1.54, 1.807) is 0 Å². The predicted octanol–water partition coefficient (Wildman–Crippen LogP) is 1.82. The van der Waals surface area contributed by atoms with E-state index in [2.05, 4.69) is 20.8 Å². The lowest BCUT2D eigenvalue weighted by Gasteiger charge is -2.05. The lowest BCUT2D eigenvalue weighted by molar-refractivity contribution is 0.0580. The number of hydrogen-bond donors (Lipinski definition) is 0. The third-order valence-corrected chi connectivity index (χ3v) is 1.95. The van der Waals surface area contributed by atoms with Gasteiger partial charge in [-0.05, 0) is 26.2 Å². The largest absolute Gasteiger partial charge is 0.375 e. The van der Waals surface area contributed by atoms with Crippen molar-refractivity contribution in [2.24, 2.45) is 5.92 Å². The van der Waals surface area contributed by atoms with Crippen molar-refractivity contribution in [1.82, 2.24) is 0 Å². The van der Waals surface area contributed by atoms with E-state index >= 15 is 0 Å². The van der Waals surface area contributed by atoms with Crippen LogP contribution in [0, 0.1) is 5.92 Å². The van der Waals surface area contributed by atoms with Crippen LogP contribution in [0.4, 0.5) is 0 Å². The molecule has 1 aliphatic heterocycles. The Morgan fingerprint density at radius 3 is 2.00 bits per heavy atom. The van der Waals surface area contributed by atoms with Gasteiger partial charge < -0.3 is 4.74 Å². The summed E-state index contributed by atoms with van der Waals surface area (Å²) in [5.74, 6) is 0.769. The molecule has 0 saturated carbocycles. The average molecular weight is 114 g/mol. The van der Waals surface area contributed by atoms with Gasteiger partial charge in [0.05, 0.1) is 12.2 Å². The highest BCUT2D eigenvalue weighted by Crippen LogP contribution is 2.24. The molecule has 48 valence electrons. The second kappa shape index (κ2) is 2.06. The van der Waals surface area contributed by atoms with Gasteiger partial charge >= 0.3 is 0 Å². The SMILES string of the molecule is C[C@@H]1C[C@@H](C)[C@H](C)O1. The van der Waals surface area contributed by atoms with Crippen LogP contribution in [0.15, 0.2) is 0 Å². The summed E-state index contributed by atoms with van der Waals surface area (Å²) in [6.45, 7) is 6.53. The molecule has 0 aliphatic carbocycles. The summed E-state index contributed by atoms with van der Waals surface area (Å²) in [5.41, 5.74) is 0. The standard InChI is InChI=1S/C7H14O/c1-5-4-6(2)8-7(5)3/h5-7H,4H2,1-3H3/t5-,6-,7+/m1/s1. The molecule has 0 bridgehead atoms. The van der Waals surface area contributed by atoms with E-state index in [0.717, 1.165) is 5.92 Å². The van der Waals surface area contributed by atoms with E-state index < -0.39 is 0 Å². The summed E-state index contributed by atoms with van der Waals surface area (Å²) in [5, 5.41) is 0. The van der Waals surface area contributed by atoms with Gasteiger partial charge in [-0.2, -0.15) is 0 Å². The van der Waals surface area contributed by atoms with Gasteiger partial charge in [0, 0.05) is 0 Å². The molecule has 0 spiro atoms. The van der Waals surface area contributed by atoms with Gasteiger partial charge in [0.2, 0.25) is 0 Å². The van der Waals surface area contributed by atoms with Crippen LogP contribution >= 0.6 is 0 Å². The molecule has 0 aromatic carbocycles. The fourth-order valence-corrected chi connectivity index (χ4v) is 1.27. The highest BCUT2D eigenvalue weighted by atomic mass is 16.5. The monoisotopic (exact) mass is 114 g/mol. The van der Waals surface area contributed by atoms with E-state index in [1.165, 1.54) is 6.42 Å². The lowest BCUT2D eigenvalue weighted by atomic mass is 10.0. The van der Waals surface area contributed by atoms with E-state index in [0.29, 0.717) is 12.2 Å². The summed E-state index contributed by atoms with van der Waals surface area (Å²) >= 11 is 0. The predicted molar refractivity (Wildman–Crippen MR) is 33.8 cm³/mol. The van der Waals surface area contributed by atoms with Crippen molar-refractivity contribution in [2.45, 2.75) is 39.4 Å². The highest BCUT2D eigenvalue weighted by molar-refractivity contribution is 4.72. The molecule has 3 atom stereocenters. The Labute approximate surface area is 51.0 Å². The zero-order valence-electron chi connectivity index (χ0n) is 5.85. The number of hydrogen-bond acceptors (Lipinski definition) is 1. The van der Waals surface area contributed by atoms with E-state index in [9.17, 15) is 0 Å². The van der Waals surface area contributed by atoms with Crippen LogP contribution in [-0.4, -0.2) is 12.2 Å². The Bertz CT molecular complexity index is 70.5. The van der Waals surface area contributed by atoms with Gasteiger partial charge in [0.15, 0.2) is 0 Å². The fraction of sp³-hybridized carbons (Fsp3) is 1.00. The molecule has 1 fully saturated rings. The zero-order valence-corrected chi connectivity index (χ0v) is 5.85. The van der Waals surface area contributed by atoms with Crippen LogP contribution in [-0.2, 0) is 4.74 Å². The van der Waals surface area contributed by atoms with Gasteiger partial charge in [0.1, 0.15) is 0 Å². The summed E-state index contributed by atoms with van der Waals surface area (Å²) in [6.07, 6.45) is 2.23. The summed E-state index contributed by atoms with van der Waals surface area (Å²) in [6, 6.07) is 0. The second-order valence-electron chi connectivity index (χ2n) is 2.86. The van der Waals surface area contributed by atoms with Crippen molar-refractivity contribution in [3.05, 3.63) is 0 Å². The Balaban J connectivity index is 2.39. The molecule has 1 heteroatoms. The van der Waals surface area contributed by atoms with Crippen LogP contribution in [0.5, 0.6) is 0 Å². The van der Waals surface area contributed by atoms with Gasteiger partial charge in [-0.3, -0.25) is 0 Å². The van der Waals surface area contributed by atoms with Crippen molar-refractivity contribution in [3.8, 4) is 0 Å².